The SMILES string of the molecule is N#Cc1cccc(-c2ccc(-n3c4ccccc4c4cc(-n5c6ccccc6c6ccccc65)ccc43)cc2)c1-n1c2ccccc2c2c(C#N)cccc21. The van der Waals surface area contributed by atoms with E-state index in [-0.39, 0.29) is 0 Å². The van der Waals surface area contributed by atoms with Crippen molar-refractivity contribution in [3.63, 3.8) is 0 Å². The lowest BCUT2D eigenvalue weighted by molar-refractivity contribution is 1.16. The minimum atomic E-state index is 0.563. The molecule has 0 N–H and O–H groups in total. The summed E-state index contributed by atoms with van der Waals surface area (Å²) in [6.07, 6.45) is 0. The number of hydrogen-bond acceptors (Lipinski definition) is 2. The molecule has 0 spiro atoms. The van der Waals surface area contributed by atoms with Crippen molar-refractivity contribution in [1.82, 2.24) is 13.7 Å². The Bertz CT molecular complexity index is 3400. The highest BCUT2D eigenvalue weighted by Gasteiger charge is 2.21. The van der Waals surface area contributed by atoms with Crippen molar-refractivity contribution in [2.75, 3.05) is 0 Å². The van der Waals surface area contributed by atoms with Crippen molar-refractivity contribution in [2.24, 2.45) is 0 Å². The van der Waals surface area contributed by atoms with Crippen molar-refractivity contribution >= 4 is 65.4 Å². The minimum absolute atomic E-state index is 0.563. The van der Waals surface area contributed by atoms with Gasteiger partial charge in [-0.3, -0.25) is 0 Å². The van der Waals surface area contributed by atoms with Crippen molar-refractivity contribution in [3.05, 3.63) is 187 Å². The van der Waals surface area contributed by atoms with Gasteiger partial charge in [0.25, 0.3) is 0 Å². The van der Waals surface area contributed by atoms with Crippen LogP contribution in [0.3, 0.4) is 0 Å². The van der Waals surface area contributed by atoms with Gasteiger partial charge in [0, 0.05) is 49.3 Å². The van der Waals surface area contributed by atoms with Crippen molar-refractivity contribution in [2.45, 2.75) is 0 Å². The minimum Gasteiger partial charge on any atom is -0.309 e. The van der Waals surface area contributed by atoms with Crippen LogP contribution < -0.4 is 0 Å². The third-order valence-corrected chi connectivity index (χ3v) is 11.1. The molecule has 254 valence electrons. The largest absolute Gasteiger partial charge is 0.309 e. The second-order valence-corrected chi connectivity index (χ2v) is 13.9. The molecule has 8 aromatic carbocycles. The third-order valence-electron chi connectivity index (χ3n) is 11.1. The molecule has 0 saturated carbocycles. The van der Waals surface area contributed by atoms with Crippen LogP contribution in [0, 0.1) is 22.7 Å². The standard InChI is InChI=1S/C50H29N5/c51-30-33-11-10-22-48-49(33)41-16-4-8-21-46(41)55(48)50-34(31-52)12-9-17-37(50)32-23-25-35(26-24-32)53-45-20-7-3-15-40(45)42-29-36(27-28-47(42)53)54-43-18-5-1-13-38(43)39-14-2-6-19-44(39)54/h1-29H. The highest BCUT2D eigenvalue weighted by Crippen LogP contribution is 2.40. The summed E-state index contributed by atoms with van der Waals surface area (Å²) >= 11 is 0. The van der Waals surface area contributed by atoms with Gasteiger partial charge in [0.2, 0.25) is 0 Å². The van der Waals surface area contributed by atoms with E-state index < -0.39 is 0 Å². The van der Waals surface area contributed by atoms with E-state index in [1.807, 2.05) is 42.5 Å². The van der Waals surface area contributed by atoms with Crippen LogP contribution in [-0.2, 0) is 0 Å². The Morgan fingerprint density at radius 2 is 0.818 bits per heavy atom. The number of para-hydroxylation sites is 5. The molecule has 5 heteroatoms. The van der Waals surface area contributed by atoms with Crippen LogP contribution >= 0.6 is 0 Å². The number of nitriles is 2. The number of nitrogens with zero attached hydrogens (tertiary/aromatic N) is 5. The molecule has 0 saturated heterocycles. The van der Waals surface area contributed by atoms with Gasteiger partial charge < -0.3 is 13.7 Å². The first kappa shape index (κ1) is 30.7. The second kappa shape index (κ2) is 11.8. The van der Waals surface area contributed by atoms with Gasteiger partial charge in [-0.15, -0.1) is 0 Å². The van der Waals surface area contributed by atoms with Crippen molar-refractivity contribution < 1.29 is 0 Å². The molecular weight excluding hydrogens is 671 g/mol. The molecule has 0 fully saturated rings. The Kier molecular flexibility index (Phi) is 6.61. The van der Waals surface area contributed by atoms with E-state index in [9.17, 15) is 10.5 Å². The zero-order chi connectivity index (χ0) is 36.6. The Morgan fingerprint density at radius 3 is 1.45 bits per heavy atom. The summed E-state index contributed by atoms with van der Waals surface area (Å²) in [7, 11) is 0. The van der Waals surface area contributed by atoms with E-state index in [1.165, 1.54) is 32.6 Å². The predicted octanol–water partition coefficient (Wildman–Crippen LogP) is 12.4. The fourth-order valence-corrected chi connectivity index (χ4v) is 8.83. The lowest BCUT2D eigenvalue weighted by atomic mass is 9.99. The number of aromatic nitrogens is 3. The molecule has 5 nitrogen and oxygen atoms in total. The number of hydrogen-bond donors (Lipinski definition) is 0. The molecule has 11 aromatic rings. The van der Waals surface area contributed by atoms with Crippen molar-refractivity contribution in [1.29, 1.82) is 10.5 Å². The normalized spacial score (nSPS) is 11.6. The van der Waals surface area contributed by atoms with E-state index in [0.29, 0.717) is 11.1 Å². The summed E-state index contributed by atoms with van der Waals surface area (Å²) < 4.78 is 6.86. The van der Waals surface area contributed by atoms with Crippen LogP contribution in [0.15, 0.2) is 176 Å². The van der Waals surface area contributed by atoms with Crippen LogP contribution in [0.4, 0.5) is 0 Å². The Balaban J connectivity index is 1.09. The zero-order valence-electron chi connectivity index (χ0n) is 29.5. The molecule has 0 unspecified atom stereocenters. The topological polar surface area (TPSA) is 62.4 Å². The molecular formula is C50H29N5. The summed E-state index contributed by atoms with van der Waals surface area (Å²) in [4.78, 5) is 0. The molecule has 0 atom stereocenters. The summed E-state index contributed by atoms with van der Waals surface area (Å²) in [5.74, 6) is 0. The van der Waals surface area contributed by atoms with E-state index in [4.69, 9.17) is 0 Å². The average Bonchev–Trinajstić information content (AvgIpc) is 3.89. The summed E-state index contributed by atoms with van der Waals surface area (Å²) in [5.41, 5.74) is 12.6. The van der Waals surface area contributed by atoms with Gasteiger partial charge in [-0.05, 0) is 78.4 Å². The highest BCUT2D eigenvalue weighted by atomic mass is 15.0. The van der Waals surface area contributed by atoms with Gasteiger partial charge in [-0.2, -0.15) is 10.5 Å². The van der Waals surface area contributed by atoms with Gasteiger partial charge in [-0.25, -0.2) is 0 Å². The third kappa shape index (κ3) is 4.39. The Hall–Kier alpha value is -7.86. The number of rotatable bonds is 4. The van der Waals surface area contributed by atoms with Crippen LogP contribution in [0.25, 0.3) is 93.6 Å². The van der Waals surface area contributed by atoms with Gasteiger partial charge in [0.1, 0.15) is 6.07 Å². The van der Waals surface area contributed by atoms with Crippen LogP contribution in [0.5, 0.6) is 0 Å². The van der Waals surface area contributed by atoms with E-state index in [2.05, 4.69) is 159 Å². The Morgan fingerprint density at radius 1 is 0.345 bits per heavy atom. The lowest BCUT2D eigenvalue weighted by Crippen LogP contribution is -2.01. The fraction of sp³-hybridized carbons (Fsp3) is 0. The maximum absolute atomic E-state index is 10.5. The van der Waals surface area contributed by atoms with Crippen LogP contribution in [-0.4, -0.2) is 13.7 Å². The molecule has 0 aliphatic carbocycles. The maximum atomic E-state index is 10.5. The second-order valence-electron chi connectivity index (χ2n) is 13.9. The molecule has 0 amide bonds. The molecule has 11 rings (SSSR count). The molecule has 3 heterocycles. The first-order chi connectivity index (χ1) is 27.2. The molecule has 0 bridgehead atoms. The predicted molar refractivity (Wildman–Crippen MR) is 224 cm³/mol. The van der Waals surface area contributed by atoms with Gasteiger partial charge in [-0.1, -0.05) is 103 Å². The lowest BCUT2D eigenvalue weighted by Gasteiger charge is -2.16. The number of benzene rings is 8. The van der Waals surface area contributed by atoms with Gasteiger partial charge in [0.05, 0.1) is 56.0 Å². The first-order valence-electron chi connectivity index (χ1n) is 18.3. The summed E-state index contributed by atoms with van der Waals surface area (Å²) in [5, 5.41) is 27.3. The van der Waals surface area contributed by atoms with Gasteiger partial charge in [0.15, 0.2) is 0 Å². The van der Waals surface area contributed by atoms with Gasteiger partial charge >= 0.3 is 0 Å². The molecule has 0 radical (unpaired) electrons. The monoisotopic (exact) mass is 699 g/mol. The fourth-order valence-electron chi connectivity index (χ4n) is 8.83. The van der Waals surface area contributed by atoms with Crippen molar-refractivity contribution in [3.8, 4) is 40.3 Å². The smallest absolute Gasteiger partial charge is 0.101 e. The van der Waals surface area contributed by atoms with E-state index in [0.717, 1.165) is 61.0 Å². The quantitative estimate of drug-likeness (QED) is 0.184. The average molecular weight is 700 g/mol. The number of fused-ring (bicyclic) bond motifs is 9. The molecule has 55 heavy (non-hydrogen) atoms. The molecule has 3 aromatic heterocycles. The Labute approximate surface area is 316 Å². The maximum Gasteiger partial charge on any atom is 0.101 e. The van der Waals surface area contributed by atoms with Crippen LogP contribution in [0.2, 0.25) is 0 Å². The molecule has 0 aliphatic heterocycles. The van der Waals surface area contributed by atoms with Crippen LogP contribution in [0.1, 0.15) is 11.1 Å². The van der Waals surface area contributed by atoms with E-state index in [1.54, 1.807) is 0 Å². The zero-order valence-corrected chi connectivity index (χ0v) is 29.5. The van der Waals surface area contributed by atoms with E-state index >= 15 is 0 Å². The first-order valence-corrected chi connectivity index (χ1v) is 18.3. The highest BCUT2D eigenvalue weighted by molar-refractivity contribution is 6.14. The molecule has 0 aliphatic rings. The summed E-state index contributed by atoms with van der Waals surface area (Å²) in [6.45, 7) is 0. The summed E-state index contributed by atoms with van der Waals surface area (Å²) in [6, 6.07) is 66.0.